The van der Waals surface area contributed by atoms with Crippen LogP contribution in [0.25, 0.3) is 0 Å². The Morgan fingerprint density at radius 1 is 1.42 bits per heavy atom. The van der Waals surface area contributed by atoms with Crippen molar-refractivity contribution in [2.45, 2.75) is 13.5 Å². The molecular weight excluding hydrogens is 260 g/mol. The summed E-state index contributed by atoms with van der Waals surface area (Å²) in [5.41, 5.74) is -0.246. The maximum Gasteiger partial charge on any atom is 0.387 e. The second kappa shape index (κ2) is 6.54. The minimum absolute atomic E-state index is 0.0524. The number of carbonyl (C=O) groups excluding carboxylic acids is 1. The number of alkyl halides is 2. The van der Waals surface area contributed by atoms with Crippen molar-refractivity contribution in [2.24, 2.45) is 0 Å². The molecular formula is C12H11F2NO4. The van der Waals surface area contributed by atoms with E-state index in [1.807, 2.05) is 0 Å². The maximum absolute atomic E-state index is 12.2. The number of nitrogens with zero attached hydrogens (tertiary/aromatic N) is 1. The Kier molecular flexibility index (Phi) is 5.06. The number of ether oxygens (including phenoxy) is 3. The topological polar surface area (TPSA) is 68.5 Å². The van der Waals surface area contributed by atoms with Gasteiger partial charge in [-0.1, -0.05) is 0 Å². The first-order valence-corrected chi connectivity index (χ1v) is 5.27. The Morgan fingerprint density at radius 3 is 2.58 bits per heavy atom. The highest BCUT2D eigenvalue weighted by Gasteiger charge is 2.20. The molecule has 19 heavy (non-hydrogen) atoms. The largest absolute Gasteiger partial charge is 0.496 e. The van der Waals surface area contributed by atoms with Crippen LogP contribution in [0.1, 0.15) is 22.8 Å². The lowest BCUT2D eigenvalue weighted by Gasteiger charge is -2.12. The van der Waals surface area contributed by atoms with Crippen LogP contribution in [0.3, 0.4) is 0 Å². The van der Waals surface area contributed by atoms with Gasteiger partial charge in [-0.05, 0) is 6.92 Å². The SMILES string of the molecule is CCOC(=O)c1cc(OC(F)F)c(C#N)cc1OC. The molecule has 102 valence electrons. The highest BCUT2D eigenvalue weighted by Crippen LogP contribution is 2.30. The summed E-state index contributed by atoms with van der Waals surface area (Å²) >= 11 is 0. The van der Waals surface area contributed by atoms with Crippen molar-refractivity contribution in [1.29, 1.82) is 5.26 Å². The molecule has 0 fully saturated rings. The summed E-state index contributed by atoms with van der Waals surface area (Å²) < 4.78 is 38.3. The summed E-state index contributed by atoms with van der Waals surface area (Å²) in [6.45, 7) is -1.38. The second-order valence-electron chi connectivity index (χ2n) is 3.26. The van der Waals surface area contributed by atoms with E-state index in [0.717, 1.165) is 12.1 Å². The van der Waals surface area contributed by atoms with E-state index in [2.05, 4.69) is 4.74 Å². The Hall–Kier alpha value is -2.36. The highest BCUT2D eigenvalue weighted by atomic mass is 19.3. The Bertz CT molecular complexity index is 511. The quantitative estimate of drug-likeness (QED) is 0.769. The minimum atomic E-state index is -3.10. The van der Waals surface area contributed by atoms with Crippen molar-refractivity contribution < 1.29 is 27.8 Å². The number of hydrogen-bond acceptors (Lipinski definition) is 5. The molecule has 0 N–H and O–H groups in total. The zero-order chi connectivity index (χ0) is 14.4. The molecule has 1 rings (SSSR count). The number of halogens is 2. The van der Waals surface area contributed by atoms with Gasteiger partial charge in [-0.3, -0.25) is 0 Å². The molecule has 0 bridgehead atoms. The lowest BCUT2D eigenvalue weighted by atomic mass is 10.1. The van der Waals surface area contributed by atoms with Gasteiger partial charge in [0.15, 0.2) is 0 Å². The zero-order valence-corrected chi connectivity index (χ0v) is 10.3. The third-order valence-corrected chi connectivity index (χ3v) is 2.13. The second-order valence-corrected chi connectivity index (χ2v) is 3.26. The number of nitriles is 1. The molecule has 0 heterocycles. The molecule has 0 spiro atoms. The Labute approximate surface area is 108 Å². The molecule has 0 amide bonds. The van der Waals surface area contributed by atoms with Crippen LogP contribution in [0.4, 0.5) is 8.78 Å². The molecule has 0 radical (unpaired) electrons. The third-order valence-electron chi connectivity index (χ3n) is 2.13. The van der Waals surface area contributed by atoms with Crippen LogP contribution in [0.15, 0.2) is 12.1 Å². The minimum Gasteiger partial charge on any atom is -0.496 e. The molecule has 0 unspecified atom stereocenters. The van der Waals surface area contributed by atoms with E-state index in [1.165, 1.54) is 7.11 Å². The van der Waals surface area contributed by atoms with Gasteiger partial charge in [-0.25, -0.2) is 4.79 Å². The van der Waals surface area contributed by atoms with Gasteiger partial charge in [0, 0.05) is 12.1 Å². The van der Waals surface area contributed by atoms with Crippen LogP contribution < -0.4 is 9.47 Å². The maximum atomic E-state index is 12.2. The van der Waals surface area contributed by atoms with E-state index in [9.17, 15) is 13.6 Å². The molecule has 1 aromatic carbocycles. The van der Waals surface area contributed by atoms with Crippen LogP contribution >= 0.6 is 0 Å². The molecule has 0 saturated carbocycles. The van der Waals surface area contributed by atoms with Gasteiger partial charge in [0.05, 0.1) is 19.3 Å². The van der Waals surface area contributed by atoms with Crippen molar-refractivity contribution >= 4 is 5.97 Å². The van der Waals surface area contributed by atoms with Crippen LogP contribution in [-0.2, 0) is 4.74 Å². The number of methoxy groups -OCH3 is 1. The number of esters is 1. The van der Waals surface area contributed by atoms with Gasteiger partial charge in [0.1, 0.15) is 23.1 Å². The van der Waals surface area contributed by atoms with E-state index in [0.29, 0.717) is 0 Å². The van der Waals surface area contributed by atoms with E-state index in [-0.39, 0.29) is 23.5 Å². The van der Waals surface area contributed by atoms with Crippen molar-refractivity contribution in [2.75, 3.05) is 13.7 Å². The predicted octanol–water partition coefficient (Wildman–Crippen LogP) is 2.34. The van der Waals surface area contributed by atoms with Gasteiger partial charge >= 0.3 is 12.6 Å². The van der Waals surface area contributed by atoms with Crippen LogP contribution in [0, 0.1) is 11.3 Å². The fourth-order valence-electron chi connectivity index (χ4n) is 1.38. The molecule has 7 heteroatoms. The van der Waals surface area contributed by atoms with Gasteiger partial charge in [-0.2, -0.15) is 14.0 Å². The van der Waals surface area contributed by atoms with Crippen molar-refractivity contribution in [3.05, 3.63) is 23.3 Å². The number of carbonyl (C=O) groups is 1. The zero-order valence-electron chi connectivity index (χ0n) is 10.3. The Morgan fingerprint density at radius 2 is 2.11 bits per heavy atom. The molecule has 0 aromatic heterocycles. The molecule has 5 nitrogen and oxygen atoms in total. The van der Waals surface area contributed by atoms with E-state index in [4.69, 9.17) is 14.7 Å². The molecule has 0 aliphatic heterocycles. The van der Waals surface area contributed by atoms with Gasteiger partial charge in [0.2, 0.25) is 0 Å². The molecule has 1 aromatic rings. The summed E-state index contributed by atoms with van der Waals surface area (Å²) in [5.74, 6) is -1.10. The monoisotopic (exact) mass is 271 g/mol. The number of hydrogen-bond donors (Lipinski definition) is 0. The normalized spacial score (nSPS) is 9.89. The predicted molar refractivity (Wildman–Crippen MR) is 60.3 cm³/mol. The van der Waals surface area contributed by atoms with Gasteiger partial charge in [0.25, 0.3) is 0 Å². The highest BCUT2D eigenvalue weighted by molar-refractivity contribution is 5.93. The lowest BCUT2D eigenvalue weighted by molar-refractivity contribution is -0.0501. The summed E-state index contributed by atoms with van der Waals surface area (Å²) in [6.07, 6.45) is 0. The summed E-state index contributed by atoms with van der Waals surface area (Å²) in [7, 11) is 1.28. The average molecular weight is 271 g/mol. The first kappa shape index (κ1) is 14.7. The Balaban J connectivity index is 3.29. The molecule has 0 saturated heterocycles. The van der Waals surface area contributed by atoms with Crippen molar-refractivity contribution in [3.8, 4) is 17.6 Å². The average Bonchev–Trinajstić information content (AvgIpc) is 2.37. The van der Waals surface area contributed by atoms with E-state index >= 15 is 0 Å². The fourth-order valence-corrected chi connectivity index (χ4v) is 1.38. The number of rotatable bonds is 5. The summed E-state index contributed by atoms with van der Waals surface area (Å²) in [6, 6.07) is 3.83. The van der Waals surface area contributed by atoms with E-state index < -0.39 is 18.3 Å². The summed E-state index contributed by atoms with van der Waals surface area (Å²) in [5, 5.41) is 8.84. The molecule has 0 aliphatic rings. The summed E-state index contributed by atoms with van der Waals surface area (Å²) in [4.78, 5) is 11.6. The van der Waals surface area contributed by atoms with Crippen molar-refractivity contribution in [1.82, 2.24) is 0 Å². The first-order valence-electron chi connectivity index (χ1n) is 5.27. The van der Waals surface area contributed by atoms with E-state index in [1.54, 1.807) is 13.0 Å². The van der Waals surface area contributed by atoms with Crippen LogP contribution in [-0.4, -0.2) is 26.3 Å². The molecule has 0 atom stereocenters. The van der Waals surface area contributed by atoms with Crippen LogP contribution in [0.5, 0.6) is 11.5 Å². The van der Waals surface area contributed by atoms with Crippen LogP contribution in [0.2, 0.25) is 0 Å². The number of benzene rings is 1. The lowest BCUT2D eigenvalue weighted by Crippen LogP contribution is -2.10. The first-order chi connectivity index (χ1) is 9.03. The fraction of sp³-hybridized carbons (Fsp3) is 0.333. The van der Waals surface area contributed by atoms with Crippen molar-refractivity contribution in [3.63, 3.8) is 0 Å². The van der Waals surface area contributed by atoms with Gasteiger partial charge in [-0.15, -0.1) is 0 Å². The standard InChI is InChI=1S/C12H11F2NO4/c1-3-18-11(16)8-5-9(19-12(13)14)7(6-15)4-10(8)17-2/h4-5,12H,3H2,1-2H3. The van der Waals surface area contributed by atoms with Gasteiger partial charge < -0.3 is 14.2 Å². The smallest absolute Gasteiger partial charge is 0.387 e. The third kappa shape index (κ3) is 3.55. The molecule has 0 aliphatic carbocycles.